The number of rotatable bonds is 5. The first-order chi connectivity index (χ1) is 12.6. The van der Waals surface area contributed by atoms with Crippen LogP contribution in [-0.2, 0) is 17.8 Å². The van der Waals surface area contributed by atoms with Crippen molar-refractivity contribution in [3.05, 3.63) is 70.7 Å². The maximum atomic E-state index is 13.4. The van der Waals surface area contributed by atoms with Crippen molar-refractivity contribution in [3.63, 3.8) is 0 Å². The number of aromatic amines is 1. The molecule has 26 heavy (non-hydrogen) atoms. The third-order valence-electron chi connectivity index (χ3n) is 4.50. The van der Waals surface area contributed by atoms with E-state index in [0.717, 1.165) is 31.8 Å². The van der Waals surface area contributed by atoms with Crippen LogP contribution in [0.1, 0.15) is 5.56 Å². The molecule has 132 valence electrons. The van der Waals surface area contributed by atoms with Gasteiger partial charge in [0.05, 0.1) is 0 Å². The number of nitrogens with one attached hydrogen (secondary N) is 2. The van der Waals surface area contributed by atoms with Crippen LogP contribution in [0.5, 0.6) is 0 Å². The Bertz CT molecular complexity index is 1100. The molecule has 2 N–H and O–H groups in total. The number of amides is 1. The van der Waals surface area contributed by atoms with Crippen molar-refractivity contribution in [2.45, 2.75) is 13.0 Å². The Morgan fingerprint density at radius 2 is 2.08 bits per heavy atom. The highest BCUT2D eigenvalue weighted by atomic mass is 79.9. The minimum Gasteiger partial charge on any atom is -0.361 e. The van der Waals surface area contributed by atoms with Gasteiger partial charge in [-0.2, -0.15) is 0 Å². The molecule has 0 saturated heterocycles. The van der Waals surface area contributed by atoms with Gasteiger partial charge in [-0.3, -0.25) is 4.79 Å². The molecule has 2 heterocycles. The highest BCUT2D eigenvalue weighted by Crippen LogP contribution is 2.21. The lowest BCUT2D eigenvalue weighted by atomic mass is 10.1. The molecule has 0 spiro atoms. The topological polar surface area (TPSA) is 49.8 Å². The summed E-state index contributed by atoms with van der Waals surface area (Å²) in [5.74, 6) is -0.304. The smallest absolute Gasteiger partial charge is 0.239 e. The van der Waals surface area contributed by atoms with E-state index >= 15 is 0 Å². The third-order valence-corrected chi connectivity index (χ3v) is 4.99. The number of benzene rings is 2. The zero-order chi connectivity index (χ0) is 18.1. The van der Waals surface area contributed by atoms with Crippen LogP contribution < -0.4 is 5.32 Å². The molecule has 0 fully saturated rings. The van der Waals surface area contributed by atoms with Gasteiger partial charge in [0.2, 0.25) is 5.91 Å². The van der Waals surface area contributed by atoms with Crippen molar-refractivity contribution >= 4 is 43.6 Å². The van der Waals surface area contributed by atoms with Crippen LogP contribution in [-0.4, -0.2) is 22.0 Å². The maximum Gasteiger partial charge on any atom is 0.239 e. The number of halogens is 2. The Balaban J connectivity index is 1.39. The molecule has 0 aliphatic rings. The van der Waals surface area contributed by atoms with Gasteiger partial charge < -0.3 is 14.9 Å². The van der Waals surface area contributed by atoms with Crippen molar-refractivity contribution < 1.29 is 9.18 Å². The minimum atomic E-state index is -0.256. The lowest BCUT2D eigenvalue weighted by molar-refractivity contribution is -0.121. The molecule has 4 rings (SSSR count). The Morgan fingerprint density at radius 3 is 2.96 bits per heavy atom. The second-order valence-electron chi connectivity index (χ2n) is 6.25. The summed E-state index contributed by atoms with van der Waals surface area (Å²) in [5, 5.41) is 4.90. The summed E-state index contributed by atoms with van der Waals surface area (Å²) < 4.78 is 16.3. The van der Waals surface area contributed by atoms with E-state index in [1.807, 2.05) is 41.2 Å². The van der Waals surface area contributed by atoms with Gasteiger partial charge in [-0.25, -0.2) is 4.39 Å². The molecule has 2 aromatic carbocycles. The fourth-order valence-corrected chi connectivity index (χ4v) is 3.55. The average molecular weight is 414 g/mol. The quantitative estimate of drug-likeness (QED) is 0.500. The van der Waals surface area contributed by atoms with Gasteiger partial charge >= 0.3 is 0 Å². The first-order valence-corrected chi connectivity index (χ1v) is 9.16. The van der Waals surface area contributed by atoms with E-state index in [1.165, 1.54) is 12.1 Å². The van der Waals surface area contributed by atoms with E-state index < -0.39 is 0 Å². The highest BCUT2D eigenvalue weighted by molar-refractivity contribution is 9.10. The number of carbonyl (C=O) groups is 1. The maximum absolute atomic E-state index is 13.4. The van der Waals surface area contributed by atoms with Crippen LogP contribution in [0.3, 0.4) is 0 Å². The largest absolute Gasteiger partial charge is 0.361 e. The van der Waals surface area contributed by atoms with E-state index in [0.29, 0.717) is 13.0 Å². The standard InChI is InChI=1S/C20H17BrFN3O/c21-15-2-1-13-6-8-25(19(13)9-15)12-20(26)23-7-5-14-11-24-18-4-3-16(22)10-17(14)18/h1-4,6,8-11,24H,5,7,12H2,(H,23,26). The molecule has 4 nitrogen and oxygen atoms in total. The SMILES string of the molecule is O=C(Cn1ccc2ccc(Br)cc21)NCCc1c[nH]c2ccc(F)cc12. The summed E-state index contributed by atoms with van der Waals surface area (Å²) in [4.78, 5) is 15.4. The number of fused-ring (bicyclic) bond motifs is 2. The summed E-state index contributed by atoms with van der Waals surface area (Å²) in [6, 6.07) is 12.7. The fraction of sp³-hybridized carbons (Fsp3) is 0.150. The zero-order valence-corrected chi connectivity index (χ0v) is 15.5. The third kappa shape index (κ3) is 3.37. The molecule has 0 bridgehead atoms. The Morgan fingerprint density at radius 1 is 1.19 bits per heavy atom. The molecule has 0 aliphatic carbocycles. The normalized spacial score (nSPS) is 11.3. The molecule has 0 aliphatic heterocycles. The predicted octanol–water partition coefficient (Wildman–Crippen LogP) is 4.38. The van der Waals surface area contributed by atoms with Crippen molar-refractivity contribution in [3.8, 4) is 0 Å². The van der Waals surface area contributed by atoms with Crippen LogP contribution in [0.2, 0.25) is 0 Å². The monoisotopic (exact) mass is 413 g/mol. The first-order valence-electron chi connectivity index (χ1n) is 8.37. The number of nitrogens with zero attached hydrogens (tertiary/aromatic N) is 1. The lowest BCUT2D eigenvalue weighted by Gasteiger charge is -2.07. The van der Waals surface area contributed by atoms with Crippen molar-refractivity contribution in [2.24, 2.45) is 0 Å². The summed E-state index contributed by atoms with van der Waals surface area (Å²) in [6.45, 7) is 0.771. The van der Waals surface area contributed by atoms with Crippen LogP contribution in [0, 0.1) is 5.82 Å². The summed E-state index contributed by atoms with van der Waals surface area (Å²) in [5.41, 5.74) is 2.91. The average Bonchev–Trinajstić information content (AvgIpc) is 3.19. The van der Waals surface area contributed by atoms with E-state index in [4.69, 9.17) is 0 Å². The Hall–Kier alpha value is -2.60. The Kier molecular flexibility index (Phi) is 4.51. The van der Waals surface area contributed by atoms with Crippen LogP contribution >= 0.6 is 15.9 Å². The molecular formula is C20H17BrFN3O. The molecule has 4 aromatic rings. The molecule has 0 atom stereocenters. The molecular weight excluding hydrogens is 397 g/mol. The lowest BCUT2D eigenvalue weighted by Crippen LogP contribution is -2.29. The van der Waals surface area contributed by atoms with Gasteiger partial charge in [-0.05, 0) is 53.8 Å². The van der Waals surface area contributed by atoms with Crippen LogP contribution in [0.4, 0.5) is 4.39 Å². The molecule has 0 radical (unpaired) electrons. The Labute approximate surface area is 158 Å². The van der Waals surface area contributed by atoms with E-state index in [9.17, 15) is 9.18 Å². The molecule has 0 saturated carbocycles. The summed E-state index contributed by atoms with van der Waals surface area (Å²) >= 11 is 3.46. The first kappa shape index (κ1) is 16.8. The van der Waals surface area contributed by atoms with Gasteiger partial charge in [-0.15, -0.1) is 0 Å². The molecule has 2 aromatic heterocycles. The predicted molar refractivity (Wildman–Crippen MR) is 105 cm³/mol. The van der Waals surface area contributed by atoms with Crippen LogP contribution in [0.25, 0.3) is 21.8 Å². The minimum absolute atomic E-state index is 0.0477. The van der Waals surface area contributed by atoms with Crippen molar-refractivity contribution in [1.82, 2.24) is 14.9 Å². The number of hydrogen-bond acceptors (Lipinski definition) is 1. The number of H-pyrrole nitrogens is 1. The van der Waals surface area contributed by atoms with E-state index in [-0.39, 0.29) is 18.3 Å². The fourth-order valence-electron chi connectivity index (χ4n) is 3.20. The second kappa shape index (κ2) is 6.96. The number of aromatic nitrogens is 2. The van der Waals surface area contributed by atoms with Gasteiger partial charge in [0.15, 0.2) is 0 Å². The summed E-state index contributed by atoms with van der Waals surface area (Å²) in [6.07, 6.45) is 4.43. The number of hydrogen-bond donors (Lipinski definition) is 2. The van der Waals surface area contributed by atoms with Crippen LogP contribution in [0.15, 0.2) is 59.3 Å². The van der Waals surface area contributed by atoms with Crippen molar-refractivity contribution in [2.75, 3.05) is 6.54 Å². The van der Waals surface area contributed by atoms with E-state index in [2.05, 4.69) is 26.2 Å². The highest BCUT2D eigenvalue weighted by Gasteiger charge is 2.08. The zero-order valence-electron chi connectivity index (χ0n) is 13.9. The van der Waals surface area contributed by atoms with Gasteiger partial charge in [0, 0.05) is 39.8 Å². The number of carbonyl (C=O) groups excluding carboxylic acids is 1. The van der Waals surface area contributed by atoms with Crippen molar-refractivity contribution in [1.29, 1.82) is 0 Å². The molecule has 6 heteroatoms. The van der Waals surface area contributed by atoms with Gasteiger partial charge in [0.1, 0.15) is 12.4 Å². The molecule has 1 amide bonds. The van der Waals surface area contributed by atoms with Gasteiger partial charge in [0.25, 0.3) is 0 Å². The second-order valence-corrected chi connectivity index (χ2v) is 7.17. The van der Waals surface area contributed by atoms with E-state index in [1.54, 1.807) is 6.07 Å². The van der Waals surface area contributed by atoms with Gasteiger partial charge in [-0.1, -0.05) is 22.0 Å². The molecule has 0 unspecified atom stereocenters. The summed E-state index contributed by atoms with van der Waals surface area (Å²) in [7, 11) is 0.